The van der Waals surface area contributed by atoms with Crippen molar-refractivity contribution < 1.29 is 19.4 Å². The summed E-state index contributed by atoms with van der Waals surface area (Å²) in [5.74, 6) is -0.623. The minimum Gasteiger partial charge on any atom is -0.496 e. The Morgan fingerprint density at radius 3 is 2.86 bits per heavy atom. The number of nitrogens with zero attached hydrogens (tertiary/aromatic N) is 3. The minimum atomic E-state index is -1.11. The second-order valence-electron chi connectivity index (χ2n) is 3.86. The maximum absolute atomic E-state index is 11.7. The topological polar surface area (TPSA) is 142 Å². The molecule has 21 heavy (non-hydrogen) atoms. The van der Waals surface area contributed by atoms with E-state index in [4.69, 9.17) is 9.84 Å². The molecule has 0 saturated heterocycles. The van der Waals surface area contributed by atoms with Gasteiger partial charge in [0.1, 0.15) is 11.3 Å². The van der Waals surface area contributed by atoms with Gasteiger partial charge >= 0.3 is 12.0 Å². The van der Waals surface area contributed by atoms with Crippen LogP contribution < -0.4 is 15.4 Å². The van der Waals surface area contributed by atoms with E-state index >= 15 is 0 Å². The van der Waals surface area contributed by atoms with Crippen LogP contribution in [0.2, 0.25) is 0 Å². The Morgan fingerprint density at radius 1 is 1.43 bits per heavy atom. The fraction of sp³-hybridized carbons (Fsp3) is 0.182. The van der Waals surface area contributed by atoms with Gasteiger partial charge in [0, 0.05) is 11.8 Å². The van der Waals surface area contributed by atoms with Crippen LogP contribution in [0.3, 0.4) is 0 Å². The van der Waals surface area contributed by atoms with E-state index in [2.05, 4.69) is 31.3 Å². The van der Waals surface area contributed by atoms with Crippen molar-refractivity contribution in [3.05, 3.63) is 29.6 Å². The Labute approximate surface area is 118 Å². The molecule has 0 unspecified atom stereocenters. The highest BCUT2D eigenvalue weighted by Gasteiger charge is 2.12. The Kier molecular flexibility index (Phi) is 4.29. The number of H-pyrrole nitrogens is 1. The minimum absolute atomic E-state index is 0.00950. The number of anilines is 1. The molecule has 0 aliphatic carbocycles. The highest BCUT2D eigenvalue weighted by molar-refractivity contribution is 5.94. The summed E-state index contributed by atoms with van der Waals surface area (Å²) < 4.78 is 4.96. The lowest BCUT2D eigenvalue weighted by Gasteiger charge is -2.09. The summed E-state index contributed by atoms with van der Waals surface area (Å²) >= 11 is 0. The Morgan fingerprint density at radius 2 is 2.24 bits per heavy atom. The molecule has 2 aromatic rings. The first-order valence-corrected chi connectivity index (χ1v) is 5.78. The normalized spacial score (nSPS) is 9.95. The molecule has 10 nitrogen and oxygen atoms in total. The number of tetrazole rings is 1. The summed E-state index contributed by atoms with van der Waals surface area (Å²) in [4.78, 5) is 22.6. The summed E-state index contributed by atoms with van der Waals surface area (Å²) in [5.41, 5.74) is 0.401. The van der Waals surface area contributed by atoms with Crippen LogP contribution in [0.25, 0.3) is 0 Å². The third-order valence-corrected chi connectivity index (χ3v) is 2.49. The van der Waals surface area contributed by atoms with Gasteiger partial charge in [-0.15, -0.1) is 10.2 Å². The lowest BCUT2D eigenvalue weighted by atomic mass is 10.2. The molecule has 10 heteroatoms. The average Bonchev–Trinajstić information content (AvgIpc) is 2.98. The highest BCUT2D eigenvalue weighted by atomic mass is 16.5. The molecule has 0 bridgehead atoms. The van der Waals surface area contributed by atoms with E-state index in [1.807, 2.05) is 0 Å². The average molecular weight is 292 g/mol. The van der Waals surface area contributed by atoms with Gasteiger partial charge in [-0.2, -0.15) is 5.21 Å². The molecule has 4 N–H and O–H groups in total. The van der Waals surface area contributed by atoms with E-state index in [9.17, 15) is 9.59 Å². The van der Waals surface area contributed by atoms with Crippen molar-refractivity contribution in [1.82, 2.24) is 25.9 Å². The number of aromatic carboxylic acids is 1. The smallest absolute Gasteiger partial charge is 0.339 e. The predicted octanol–water partition coefficient (Wildman–Crippen LogP) is 0.228. The van der Waals surface area contributed by atoms with Crippen LogP contribution in [0.5, 0.6) is 5.75 Å². The quantitative estimate of drug-likeness (QED) is 0.617. The molecule has 110 valence electrons. The number of carbonyl (C=O) groups excluding carboxylic acids is 1. The standard InChI is InChI=1S/C11H12N6O4/c1-21-8-4-6(2-3-7(8)10(18)19)13-11(20)12-5-9-14-16-17-15-9/h2-4H,5H2,1H3,(H,18,19)(H2,12,13,20)(H,14,15,16,17). The molecule has 0 aliphatic heterocycles. The Hall–Kier alpha value is -3.17. The number of ether oxygens (including phenoxy) is 1. The molecule has 0 aliphatic rings. The lowest BCUT2D eigenvalue weighted by molar-refractivity contribution is 0.0693. The number of urea groups is 1. The number of hydrogen-bond acceptors (Lipinski definition) is 6. The van der Waals surface area contributed by atoms with E-state index in [-0.39, 0.29) is 17.9 Å². The fourth-order valence-corrected chi connectivity index (χ4v) is 1.54. The first-order chi connectivity index (χ1) is 10.1. The van der Waals surface area contributed by atoms with Crippen LogP contribution in [0.1, 0.15) is 16.2 Å². The molecule has 0 fully saturated rings. The number of aromatic nitrogens is 4. The van der Waals surface area contributed by atoms with Crippen molar-refractivity contribution in [3.8, 4) is 5.75 Å². The zero-order valence-electron chi connectivity index (χ0n) is 11.0. The second-order valence-corrected chi connectivity index (χ2v) is 3.86. The third-order valence-electron chi connectivity index (χ3n) is 2.49. The van der Waals surface area contributed by atoms with Crippen LogP contribution in [0.4, 0.5) is 10.5 Å². The van der Waals surface area contributed by atoms with Crippen molar-refractivity contribution in [3.63, 3.8) is 0 Å². The number of benzene rings is 1. The van der Waals surface area contributed by atoms with Gasteiger partial charge in [0.15, 0.2) is 5.82 Å². The molecule has 1 heterocycles. The van der Waals surface area contributed by atoms with Crippen molar-refractivity contribution in [2.24, 2.45) is 0 Å². The lowest BCUT2D eigenvalue weighted by Crippen LogP contribution is -2.28. The highest BCUT2D eigenvalue weighted by Crippen LogP contribution is 2.23. The van der Waals surface area contributed by atoms with Crippen LogP contribution in [0, 0.1) is 0 Å². The first kappa shape index (κ1) is 14.2. The molecule has 2 rings (SSSR count). The van der Waals surface area contributed by atoms with Gasteiger partial charge in [-0.25, -0.2) is 9.59 Å². The van der Waals surface area contributed by atoms with Crippen LogP contribution in [0.15, 0.2) is 18.2 Å². The third kappa shape index (κ3) is 3.65. The number of rotatable bonds is 5. The molecular formula is C11H12N6O4. The summed E-state index contributed by atoms with van der Waals surface area (Å²) in [6.07, 6.45) is 0. The van der Waals surface area contributed by atoms with Gasteiger partial charge in [-0.05, 0) is 12.1 Å². The van der Waals surface area contributed by atoms with E-state index in [0.717, 1.165) is 0 Å². The summed E-state index contributed by atoms with van der Waals surface area (Å²) in [5, 5.41) is 27.0. The van der Waals surface area contributed by atoms with Gasteiger partial charge < -0.3 is 20.5 Å². The van der Waals surface area contributed by atoms with Crippen molar-refractivity contribution >= 4 is 17.7 Å². The van der Waals surface area contributed by atoms with Crippen molar-refractivity contribution in [2.75, 3.05) is 12.4 Å². The number of hydrogen-bond donors (Lipinski definition) is 4. The maximum Gasteiger partial charge on any atom is 0.339 e. The molecular weight excluding hydrogens is 280 g/mol. The zero-order valence-corrected chi connectivity index (χ0v) is 11.0. The van der Waals surface area contributed by atoms with Crippen LogP contribution >= 0.6 is 0 Å². The summed E-state index contributed by atoms with van der Waals surface area (Å²) in [7, 11) is 1.35. The van der Waals surface area contributed by atoms with E-state index in [1.165, 1.54) is 25.3 Å². The molecule has 0 radical (unpaired) electrons. The number of amides is 2. The number of carboxylic acid groups (broad SMARTS) is 1. The predicted molar refractivity (Wildman–Crippen MR) is 70.0 cm³/mol. The number of carboxylic acids is 1. The Bertz CT molecular complexity index is 642. The fourth-order valence-electron chi connectivity index (χ4n) is 1.54. The van der Waals surface area contributed by atoms with Gasteiger partial charge in [-0.3, -0.25) is 0 Å². The largest absolute Gasteiger partial charge is 0.496 e. The van der Waals surface area contributed by atoms with Gasteiger partial charge in [0.05, 0.1) is 13.7 Å². The molecule has 1 aromatic heterocycles. The molecule has 2 amide bonds. The number of aromatic amines is 1. The van der Waals surface area contributed by atoms with Crippen molar-refractivity contribution in [2.45, 2.75) is 6.54 Å². The monoisotopic (exact) mass is 292 g/mol. The first-order valence-electron chi connectivity index (χ1n) is 5.78. The van der Waals surface area contributed by atoms with Gasteiger partial charge in [0.25, 0.3) is 0 Å². The van der Waals surface area contributed by atoms with Gasteiger partial charge in [0.2, 0.25) is 0 Å². The molecule has 0 saturated carbocycles. The van der Waals surface area contributed by atoms with E-state index in [0.29, 0.717) is 11.5 Å². The molecule has 0 spiro atoms. The SMILES string of the molecule is COc1cc(NC(=O)NCc2nn[nH]n2)ccc1C(=O)O. The number of carbonyl (C=O) groups is 2. The summed E-state index contributed by atoms with van der Waals surface area (Å²) in [6.45, 7) is 0.104. The van der Waals surface area contributed by atoms with Crippen molar-refractivity contribution in [1.29, 1.82) is 0 Å². The summed E-state index contributed by atoms with van der Waals surface area (Å²) in [6, 6.07) is 3.72. The van der Waals surface area contributed by atoms with E-state index in [1.54, 1.807) is 0 Å². The van der Waals surface area contributed by atoms with E-state index < -0.39 is 12.0 Å². The van der Waals surface area contributed by atoms with Crippen LogP contribution in [-0.2, 0) is 6.54 Å². The zero-order chi connectivity index (χ0) is 15.2. The number of methoxy groups -OCH3 is 1. The molecule has 0 atom stereocenters. The van der Waals surface area contributed by atoms with Gasteiger partial charge in [-0.1, -0.05) is 5.21 Å². The number of nitrogens with one attached hydrogen (secondary N) is 3. The molecule has 1 aromatic carbocycles. The van der Waals surface area contributed by atoms with Crippen LogP contribution in [-0.4, -0.2) is 44.8 Å². The second kappa shape index (κ2) is 6.32. The maximum atomic E-state index is 11.7. The Balaban J connectivity index is 1.99.